The van der Waals surface area contributed by atoms with Gasteiger partial charge in [0.25, 0.3) is 0 Å². The number of halogens is 1. The summed E-state index contributed by atoms with van der Waals surface area (Å²) in [5.41, 5.74) is 0. The maximum Gasteiger partial charge on any atom is 0.205 e. The van der Waals surface area contributed by atoms with Crippen LogP contribution in [-0.4, -0.2) is 54.1 Å². The number of piperazine rings is 1. The average Bonchev–Trinajstić information content (AvgIpc) is 3.29. The average molecular weight is 431 g/mol. The van der Waals surface area contributed by atoms with Crippen molar-refractivity contribution < 1.29 is 13.9 Å². The van der Waals surface area contributed by atoms with E-state index in [4.69, 9.17) is 9.47 Å². The molecular formula is C22H27FN4O2S. The van der Waals surface area contributed by atoms with Crippen molar-refractivity contribution in [2.24, 2.45) is 0 Å². The van der Waals surface area contributed by atoms with Crippen molar-refractivity contribution in [1.29, 1.82) is 0 Å². The summed E-state index contributed by atoms with van der Waals surface area (Å²) in [7, 11) is 1.66. The molecule has 160 valence electrons. The molecule has 0 bridgehead atoms. The van der Waals surface area contributed by atoms with Crippen molar-refractivity contribution in [1.82, 2.24) is 14.3 Å². The van der Waals surface area contributed by atoms with E-state index in [1.807, 2.05) is 30.3 Å². The van der Waals surface area contributed by atoms with Crippen molar-refractivity contribution >= 4 is 16.7 Å². The molecule has 1 fully saturated rings. The molecule has 6 nitrogen and oxygen atoms in total. The Hall–Kier alpha value is -2.71. The summed E-state index contributed by atoms with van der Waals surface area (Å²) in [6, 6.07) is 15.6. The van der Waals surface area contributed by atoms with Crippen LogP contribution in [0, 0.1) is 5.82 Å². The fourth-order valence-corrected chi connectivity index (χ4v) is 3.65. The third-order valence-electron chi connectivity index (χ3n) is 4.71. The van der Waals surface area contributed by atoms with Crippen LogP contribution in [0.2, 0.25) is 0 Å². The van der Waals surface area contributed by atoms with E-state index >= 15 is 0 Å². The number of hydrogen-bond acceptors (Lipinski definition) is 7. The highest BCUT2D eigenvalue weighted by molar-refractivity contribution is 7.09. The lowest BCUT2D eigenvalue weighted by molar-refractivity contribution is 0.270. The molecule has 0 spiro atoms. The molecule has 0 amide bonds. The van der Waals surface area contributed by atoms with Gasteiger partial charge in [-0.15, -0.1) is 0 Å². The van der Waals surface area contributed by atoms with Gasteiger partial charge < -0.3 is 19.3 Å². The summed E-state index contributed by atoms with van der Waals surface area (Å²) >= 11 is 1.41. The smallest absolute Gasteiger partial charge is 0.205 e. The van der Waals surface area contributed by atoms with E-state index in [1.165, 1.54) is 23.7 Å². The number of methoxy groups -OCH3 is 1. The highest BCUT2D eigenvalue weighted by Crippen LogP contribution is 2.20. The highest BCUT2D eigenvalue weighted by Gasteiger charge is 2.19. The summed E-state index contributed by atoms with van der Waals surface area (Å²) in [5.74, 6) is 1.93. The first-order valence-electron chi connectivity index (χ1n) is 9.95. The zero-order chi connectivity index (χ0) is 21.2. The van der Waals surface area contributed by atoms with E-state index in [0.29, 0.717) is 18.2 Å². The van der Waals surface area contributed by atoms with Gasteiger partial charge in [0.15, 0.2) is 5.82 Å². The summed E-state index contributed by atoms with van der Waals surface area (Å²) in [6.45, 7) is 7.70. The van der Waals surface area contributed by atoms with Gasteiger partial charge in [-0.1, -0.05) is 25.1 Å². The van der Waals surface area contributed by atoms with Crippen LogP contribution in [0.4, 0.5) is 9.52 Å². The molecule has 2 heterocycles. The van der Waals surface area contributed by atoms with E-state index in [0.717, 1.165) is 43.6 Å². The van der Waals surface area contributed by atoms with Crippen LogP contribution in [0.3, 0.4) is 0 Å². The molecule has 8 heteroatoms. The molecule has 0 N–H and O–H groups in total. The lowest BCUT2D eigenvalue weighted by atomic mass is 10.3. The number of rotatable bonds is 6. The van der Waals surface area contributed by atoms with E-state index in [9.17, 15) is 4.39 Å². The largest absolute Gasteiger partial charge is 0.497 e. The summed E-state index contributed by atoms with van der Waals surface area (Å²) < 4.78 is 27.6. The standard InChI is InChI=1S/C15H19FN4OS.C7H8O/c1-2-19-7-9-20(10-8-19)15-17-14(18-22-15)11-21-13-5-3-12(16)4-6-13;1-8-7-5-3-2-4-6-7/h3-6H,2,7-11H2,1H3;2-6H,1H3. The van der Waals surface area contributed by atoms with Gasteiger partial charge in [0.05, 0.1) is 7.11 Å². The van der Waals surface area contributed by atoms with E-state index in [2.05, 4.69) is 26.1 Å². The summed E-state index contributed by atoms with van der Waals surface area (Å²) in [5, 5.41) is 0.952. The van der Waals surface area contributed by atoms with Gasteiger partial charge in [-0.25, -0.2) is 4.39 Å². The Morgan fingerprint density at radius 2 is 1.67 bits per heavy atom. The minimum atomic E-state index is -0.271. The zero-order valence-corrected chi connectivity index (χ0v) is 18.1. The Morgan fingerprint density at radius 1 is 0.967 bits per heavy atom. The van der Waals surface area contributed by atoms with Crippen LogP contribution < -0.4 is 14.4 Å². The molecule has 0 atom stereocenters. The third-order valence-corrected chi connectivity index (χ3v) is 5.52. The second kappa shape index (κ2) is 11.5. The van der Waals surface area contributed by atoms with Gasteiger partial charge in [0.2, 0.25) is 5.13 Å². The fraction of sp³-hybridized carbons (Fsp3) is 0.364. The number of aromatic nitrogens is 2. The van der Waals surface area contributed by atoms with Crippen LogP contribution in [0.1, 0.15) is 12.7 Å². The lowest BCUT2D eigenvalue weighted by Crippen LogP contribution is -2.46. The van der Waals surface area contributed by atoms with Crippen LogP contribution in [0.15, 0.2) is 54.6 Å². The fourth-order valence-electron chi connectivity index (χ4n) is 2.92. The SMILES string of the molecule is CCN1CCN(c2nc(COc3ccc(F)cc3)ns2)CC1.COc1ccccc1. The summed E-state index contributed by atoms with van der Waals surface area (Å²) in [6.07, 6.45) is 0. The number of hydrogen-bond donors (Lipinski definition) is 0. The van der Waals surface area contributed by atoms with Gasteiger partial charge >= 0.3 is 0 Å². The molecular weight excluding hydrogens is 403 g/mol. The highest BCUT2D eigenvalue weighted by atomic mass is 32.1. The molecule has 2 aromatic carbocycles. The number of nitrogens with zero attached hydrogens (tertiary/aromatic N) is 4. The molecule has 1 aliphatic rings. The Morgan fingerprint density at radius 3 is 2.27 bits per heavy atom. The molecule has 0 aliphatic carbocycles. The Bertz CT molecular complexity index is 868. The Balaban J connectivity index is 0.000000269. The Labute approximate surface area is 181 Å². The maximum absolute atomic E-state index is 12.8. The third kappa shape index (κ3) is 6.67. The normalized spacial score (nSPS) is 14.0. The molecule has 0 unspecified atom stereocenters. The number of para-hydroxylation sites is 1. The first-order chi connectivity index (χ1) is 14.7. The van der Waals surface area contributed by atoms with Gasteiger partial charge in [0.1, 0.15) is 23.9 Å². The molecule has 4 rings (SSSR count). The first-order valence-corrected chi connectivity index (χ1v) is 10.7. The van der Waals surface area contributed by atoms with Crippen molar-refractivity contribution in [3.63, 3.8) is 0 Å². The molecule has 0 radical (unpaired) electrons. The van der Waals surface area contributed by atoms with Crippen LogP contribution in [0.5, 0.6) is 11.5 Å². The number of likely N-dealkylation sites (N-methyl/N-ethyl adjacent to an activating group) is 1. The topological polar surface area (TPSA) is 50.7 Å². The lowest BCUT2D eigenvalue weighted by Gasteiger charge is -2.33. The number of benzene rings is 2. The minimum Gasteiger partial charge on any atom is -0.497 e. The summed E-state index contributed by atoms with van der Waals surface area (Å²) in [4.78, 5) is 9.23. The van der Waals surface area contributed by atoms with Crippen molar-refractivity contribution in [3.05, 3.63) is 66.2 Å². The second-order valence-electron chi connectivity index (χ2n) is 6.67. The van der Waals surface area contributed by atoms with Gasteiger partial charge in [-0.2, -0.15) is 9.36 Å². The molecule has 1 aliphatic heterocycles. The van der Waals surface area contributed by atoms with E-state index in [1.54, 1.807) is 19.2 Å². The molecule has 1 saturated heterocycles. The molecule has 0 saturated carbocycles. The quantitative estimate of drug-likeness (QED) is 0.587. The van der Waals surface area contributed by atoms with Gasteiger partial charge in [-0.05, 0) is 42.9 Å². The minimum absolute atomic E-state index is 0.271. The second-order valence-corrected chi connectivity index (χ2v) is 7.40. The molecule has 1 aromatic heterocycles. The predicted molar refractivity (Wildman–Crippen MR) is 118 cm³/mol. The maximum atomic E-state index is 12.8. The molecule has 3 aromatic rings. The van der Waals surface area contributed by atoms with Gasteiger partial charge in [-0.3, -0.25) is 0 Å². The first kappa shape index (κ1) is 22.0. The number of anilines is 1. The number of ether oxygens (including phenoxy) is 2. The van der Waals surface area contributed by atoms with Crippen LogP contribution in [0.25, 0.3) is 0 Å². The monoisotopic (exact) mass is 430 g/mol. The Kier molecular flexibility index (Phi) is 8.41. The van der Waals surface area contributed by atoms with E-state index < -0.39 is 0 Å². The van der Waals surface area contributed by atoms with Gasteiger partial charge in [0, 0.05) is 37.7 Å². The predicted octanol–water partition coefficient (Wildman–Crippen LogP) is 4.09. The molecule has 30 heavy (non-hydrogen) atoms. The van der Waals surface area contributed by atoms with Crippen molar-refractivity contribution in [2.45, 2.75) is 13.5 Å². The van der Waals surface area contributed by atoms with E-state index in [-0.39, 0.29) is 5.82 Å². The van der Waals surface area contributed by atoms with Crippen LogP contribution >= 0.6 is 11.5 Å². The van der Waals surface area contributed by atoms with Crippen molar-refractivity contribution in [2.75, 3.05) is 44.7 Å². The zero-order valence-electron chi connectivity index (χ0n) is 17.3. The van der Waals surface area contributed by atoms with Crippen molar-refractivity contribution in [3.8, 4) is 11.5 Å². The van der Waals surface area contributed by atoms with Crippen LogP contribution in [-0.2, 0) is 6.61 Å².